The summed E-state index contributed by atoms with van der Waals surface area (Å²) in [5.41, 5.74) is 10.6. The van der Waals surface area contributed by atoms with Crippen LogP contribution in [0.25, 0.3) is 22.8 Å². The fourth-order valence-electron chi connectivity index (χ4n) is 3.47. The van der Waals surface area contributed by atoms with Crippen molar-refractivity contribution < 1.29 is 9.26 Å². The molecule has 6 nitrogen and oxygen atoms in total. The molecule has 27 heavy (non-hydrogen) atoms. The Bertz CT molecular complexity index is 1030. The summed E-state index contributed by atoms with van der Waals surface area (Å²) in [6.07, 6.45) is 1.84. The lowest BCUT2D eigenvalue weighted by Gasteiger charge is -2.10. The minimum atomic E-state index is 0.00107. The van der Waals surface area contributed by atoms with Gasteiger partial charge >= 0.3 is 0 Å². The highest BCUT2D eigenvalue weighted by molar-refractivity contribution is 5.67. The molecule has 1 atom stereocenters. The van der Waals surface area contributed by atoms with Crippen LogP contribution in [-0.2, 0) is 6.42 Å². The summed E-state index contributed by atoms with van der Waals surface area (Å²) in [7, 11) is 0. The van der Waals surface area contributed by atoms with Gasteiger partial charge in [-0.15, -0.1) is 0 Å². The van der Waals surface area contributed by atoms with Crippen molar-refractivity contribution in [1.29, 1.82) is 5.26 Å². The zero-order valence-electron chi connectivity index (χ0n) is 15.3. The van der Waals surface area contributed by atoms with Gasteiger partial charge in [-0.1, -0.05) is 23.4 Å². The van der Waals surface area contributed by atoms with E-state index >= 15 is 0 Å². The maximum atomic E-state index is 9.30. The topological polar surface area (TPSA) is 98.0 Å². The van der Waals surface area contributed by atoms with E-state index in [2.05, 4.69) is 22.3 Å². The van der Waals surface area contributed by atoms with E-state index in [4.69, 9.17) is 15.0 Å². The first-order valence-electron chi connectivity index (χ1n) is 8.99. The molecule has 0 saturated carbocycles. The molecule has 0 fully saturated rings. The quantitative estimate of drug-likeness (QED) is 0.755. The van der Waals surface area contributed by atoms with Gasteiger partial charge in [-0.2, -0.15) is 10.2 Å². The summed E-state index contributed by atoms with van der Waals surface area (Å²) in [5.74, 6) is 1.49. The number of rotatable bonds is 4. The monoisotopic (exact) mass is 360 g/mol. The summed E-state index contributed by atoms with van der Waals surface area (Å²) >= 11 is 0. The average molecular weight is 360 g/mol. The second-order valence-electron chi connectivity index (χ2n) is 6.97. The average Bonchev–Trinajstić information content (AvgIpc) is 3.28. The van der Waals surface area contributed by atoms with Crippen molar-refractivity contribution in [3.63, 3.8) is 0 Å². The normalized spacial score (nSPS) is 15.6. The first kappa shape index (κ1) is 17.3. The summed E-state index contributed by atoms with van der Waals surface area (Å²) in [4.78, 5) is 4.57. The van der Waals surface area contributed by atoms with Crippen LogP contribution in [0.4, 0.5) is 0 Å². The zero-order valence-corrected chi connectivity index (χ0v) is 15.3. The van der Waals surface area contributed by atoms with Crippen molar-refractivity contribution in [2.75, 3.05) is 0 Å². The summed E-state index contributed by atoms with van der Waals surface area (Å²) in [5, 5.41) is 13.5. The number of benzene rings is 2. The van der Waals surface area contributed by atoms with Gasteiger partial charge in [0.05, 0.1) is 17.7 Å². The van der Waals surface area contributed by atoms with Gasteiger partial charge in [-0.05, 0) is 56.0 Å². The SMILES string of the molecule is CC(C)Oc1cc(C#N)cc(-c2nc(-c3cccc4c3CCC4N)no2)c1. The number of nitrogens with zero attached hydrogens (tertiary/aromatic N) is 3. The summed E-state index contributed by atoms with van der Waals surface area (Å²) in [6, 6.07) is 13.5. The van der Waals surface area contributed by atoms with E-state index in [1.165, 1.54) is 5.56 Å². The van der Waals surface area contributed by atoms with Crippen LogP contribution in [0.1, 0.15) is 43.0 Å². The van der Waals surface area contributed by atoms with Gasteiger partial charge in [0.15, 0.2) is 0 Å². The highest BCUT2D eigenvalue weighted by atomic mass is 16.5. The van der Waals surface area contributed by atoms with E-state index in [0.29, 0.717) is 28.6 Å². The molecular weight excluding hydrogens is 340 g/mol. The summed E-state index contributed by atoms with van der Waals surface area (Å²) < 4.78 is 11.2. The van der Waals surface area contributed by atoms with Crippen LogP contribution >= 0.6 is 0 Å². The van der Waals surface area contributed by atoms with E-state index in [1.54, 1.807) is 12.1 Å². The molecule has 1 aromatic heterocycles. The van der Waals surface area contributed by atoms with Crippen LogP contribution in [0.2, 0.25) is 0 Å². The largest absolute Gasteiger partial charge is 0.491 e. The van der Waals surface area contributed by atoms with Crippen LogP contribution in [0.3, 0.4) is 0 Å². The molecule has 1 aliphatic carbocycles. The Morgan fingerprint density at radius 3 is 2.93 bits per heavy atom. The fraction of sp³-hybridized carbons (Fsp3) is 0.286. The minimum absolute atomic E-state index is 0.00107. The zero-order chi connectivity index (χ0) is 19.0. The van der Waals surface area contributed by atoms with Crippen molar-refractivity contribution in [3.8, 4) is 34.7 Å². The molecule has 3 aromatic rings. The van der Waals surface area contributed by atoms with Crippen molar-refractivity contribution in [2.24, 2.45) is 5.73 Å². The van der Waals surface area contributed by atoms with Gasteiger partial charge < -0.3 is 15.0 Å². The van der Waals surface area contributed by atoms with Crippen molar-refractivity contribution >= 4 is 0 Å². The lowest BCUT2D eigenvalue weighted by atomic mass is 10.0. The van der Waals surface area contributed by atoms with Crippen LogP contribution in [0, 0.1) is 11.3 Å². The third-order valence-electron chi connectivity index (χ3n) is 4.64. The maximum Gasteiger partial charge on any atom is 0.258 e. The molecule has 2 aromatic carbocycles. The predicted molar refractivity (Wildman–Crippen MR) is 101 cm³/mol. The Morgan fingerprint density at radius 1 is 1.30 bits per heavy atom. The maximum absolute atomic E-state index is 9.30. The van der Waals surface area contributed by atoms with Gasteiger partial charge in [0.25, 0.3) is 5.89 Å². The molecule has 0 bridgehead atoms. The van der Waals surface area contributed by atoms with Crippen molar-refractivity contribution in [2.45, 2.75) is 38.8 Å². The predicted octanol–water partition coefficient (Wildman–Crippen LogP) is 4.01. The molecule has 136 valence electrons. The molecule has 1 heterocycles. The van der Waals surface area contributed by atoms with E-state index in [-0.39, 0.29) is 12.1 Å². The highest BCUT2D eigenvalue weighted by Gasteiger charge is 2.24. The van der Waals surface area contributed by atoms with Crippen LogP contribution in [-0.4, -0.2) is 16.2 Å². The molecule has 6 heteroatoms. The number of hydrogen-bond acceptors (Lipinski definition) is 6. The molecule has 2 N–H and O–H groups in total. The Morgan fingerprint density at radius 2 is 2.15 bits per heavy atom. The Labute approximate surface area is 157 Å². The second kappa shape index (κ2) is 6.86. The minimum Gasteiger partial charge on any atom is -0.491 e. The van der Waals surface area contributed by atoms with E-state index in [9.17, 15) is 5.26 Å². The highest BCUT2D eigenvalue weighted by Crippen LogP contribution is 2.36. The van der Waals surface area contributed by atoms with E-state index in [0.717, 1.165) is 24.0 Å². The number of ether oxygens (including phenoxy) is 1. The Balaban J connectivity index is 1.73. The smallest absolute Gasteiger partial charge is 0.258 e. The molecule has 0 radical (unpaired) electrons. The lowest BCUT2D eigenvalue weighted by molar-refractivity contribution is 0.242. The van der Waals surface area contributed by atoms with Crippen molar-refractivity contribution in [1.82, 2.24) is 10.1 Å². The lowest BCUT2D eigenvalue weighted by Crippen LogP contribution is -2.05. The number of nitrogens with two attached hydrogens (primary N) is 1. The molecule has 0 aliphatic heterocycles. The molecule has 0 saturated heterocycles. The number of aromatic nitrogens is 2. The van der Waals surface area contributed by atoms with Crippen molar-refractivity contribution in [3.05, 3.63) is 53.1 Å². The second-order valence-corrected chi connectivity index (χ2v) is 6.97. The van der Waals surface area contributed by atoms with Gasteiger partial charge in [0.1, 0.15) is 5.75 Å². The molecular formula is C21H20N4O2. The molecule has 0 amide bonds. The van der Waals surface area contributed by atoms with Gasteiger partial charge in [-0.25, -0.2) is 0 Å². The van der Waals surface area contributed by atoms with Crippen LogP contribution in [0.15, 0.2) is 40.9 Å². The number of hydrogen-bond donors (Lipinski definition) is 1. The first-order valence-corrected chi connectivity index (χ1v) is 8.99. The Kier molecular flexibility index (Phi) is 4.38. The first-order chi connectivity index (χ1) is 13.0. The molecule has 4 rings (SSSR count). The molecule has 1 unspecified atom stereocenters. The van der Waals surface area contributed by atoms with Crippen LogP contribution in [0.5, 0.6) is 5.75 Å². The van der Waals surface area contributed by atoms with Gasteiger partial charge in [0, 0.05) is 17.2 Å². The number of nitriles is 1. The van der Waals surface area contributed by atoms with Gasteiger partial charge in [-0.3, -0.25) is 0 Å². The van der Waals surface area contributed by atoms with Gasteiger partial charge in [0.2, 0.25) is 5.82 Å². The number of fused-ring (bicyclic) bond motifs is 1. The Hall–Kier alpha value is -3.17. The molecule has 0 spiro atoms. The van der Waals surface area contributed by atoms with E-state index < -0.39 is 0 Å². The summed E-state index contributed by atoms with van der Waals surface area (Å²) in [6.45, 7) is 3.87. The molecule has 1 aliphatic rings. The van der Waals surface area contributed by atoms with E-state index in [1.807, 2.05) is 32.0 Å². The standard InChI is InChI=1S/C21H20N4O2/c1-12(2)26-15-9-13(11-22)8-14(10-15)21-24-20(25-27-21)18-5-3-4-17-16(18)6-7-19(17)23/h3-5,8-10,12,19H,6-7,23H2,1-2H3. The third kappa shape index (κ3) is 3.29. The third-order valence-corrected chi connectivity index (χ3v) is 4.64. The fourth-order valence-corrected chi connectivity index (χ4v) is 3.47. The van der Waals surface area contributed by atoms with Crippen LogP contribution < -0.4 is 10.5 Å².